The van der Waals surface area contributed by atoms with E-state index in [4.69, 9.17) is 9.26 Å². The first-order valence-corrected chi connectivity index (χ1v) is 8.90. The number of carbonyl (C=O) groups excluding carboxylic acids is 1. The zero-order valence-electron chi connectivity index (χ0n) is 15.9. The van der Waals surface area contributed by atoms with Crippen molar-refractivity contribution in [3.05, 3.63) is 35.0 Å². The van der Waals surface area contributed by atoms with Gasteiger partial charge in [0.1, 0.15) is 12.4 Å². The highest BCUT2D eigenvalue weighted by Crippen LogP contribution is 2.25. The fourth-order valence-corrected chi connectivity index (χ4v) is 3.26. The number of amides is 1. The zero-order valence-corrected chi connectivity index (χ0v) is 15.9. The second-order valence-corrected chi connectivity index (χ2v) is 7.02. The lowest BCUT2D eigenvalue weighted by Gasteiger charge is -2.33. The molecule has 8 nitrogen and oxygen atoms in total. The van der Waals surface area contributed by atoms with Gasteiger partial charge in [-0.15, -0.1) is 0 Å². The molecule has 2 aromatic heterocycles. The molecule has 3 rings (SSSR count). The van der Waals surface area contributed by atoms with Gasteiger partial charge in [-0.25, -0.2) is 0 Å². The number of hydrogen-bond acceptors (Lipinski definition) is 6. The highest BCUT2D eigenvalue weighted by Gasteiger charge is 2.26. The minimum atomic E-state index is -0.0199. The normalized spacial score (nSPS) is 17.3. The summed E-state index contributed by atoms with van der Waals surface area (Å²) in [5, 5.41) is 8.53. The highest BCUT2D eigenvalue weighted by molar-refractivity contribution is 5.76. The van der Waals surface area contributed by atoms with Gasteiger partial charge in [0, 0.05) is 52.1 Å². The Morgan fingerprint density at radius 3 is 2.92 bits per heavy atom. The molecule has 8 heteroatoms. The first-order chi connectivity index (χ1) is 12.5. The molecule has 0 aromatic carbocycles. The molecular formula is C18H27N5O3. The Kier molecular flexibility index (Phi) is 5.73. The van der Waals surface area contributed by atoms with Crippen LogP contribution in [0.5, 0.6) is 0 Å². The third kappa shape index (κ3) is 4.13. The molecule has 1 aliphatic rings. The third-order valence-electron chi connectivity index (χ3n) is 4.84. The van der Waals surface area contributed by atoms with Gasteiger partial charge in [0.25, 0.3) is 0 Å². The van der Waals surface area contributed by atoms with Crippen LogP contribution in [0.1, 0.15) is 35.2 Å². The van der Waals surface area contributed by atoms with Crippen LogP contribution in [0.2, 0.25) is 0 Å². The number of ether oxygens (including phenoxy) is 1. The topological polar surface area (TPSA) is 76.6 Å². The van der Waals surface area contributed by atoms with Crippen LogP contribution in [-0.2, 0) is 22.6 Å². The van der Waals surface area contributed by atoms with Gasteiger partial charge in [-0.3, -0.25) is 14.4 Å². The molecule has 0 saturated heterocycles. The Bertz CT molecular complexity index is 732. The molecule has 3 heterocycles. The van der Waals surface area contributed by atoms with E-state index in [1.54, 1.807) is 14.1 Å². The summed E-state index contributed by atoms with van der Waals surface area (Å²) in [4.78, 5) is 15.5. The molecule has 26 heavy (non-hydrogen) atoms. The summed E-state index contributed by atoms with van der Waals surface area (Å²) >= 11 is 0. The molecule has 1 atom stereocenters. The van der Waals surface area contributed by atoms with Crippen LogP contribution in [0.25, 0.3) is 0 Å². The van der Waals surface area contributed by atoms with Crippen molar-refractivity contribution in [2.75, 3.05) is 33.9 Å². The first-order valence-electron chi connectivity index (χ1n) is 8.90. The van der Waals surface area contributed by atoms with Gasteiger partial charge in [0.15, 0.2) is 0 Å². The Morgan fingerprint density at radius 1 is 1.42 bits per heavy atom. The molecule has 0 aliphatic carbocycles. The van der Waals surface area contributed by atoms with E-state index in [1.807, 2.05) is 20.0 Å². The molecule has 0 N–H and O–H groups in total. The number of rotatable bonds is 7. The first kappa shape index (κ1) is 18.6. The van der Waals surface area contributed by atoms with Gasteiger partial charge in [-0.05, 0) is 26.3 Å². The standard InChI is InChI=1S/C18H27N5O3/c1-13-17(14(2)26-20-13)11-22-9-15-5-7-19-23(15)16(10-22)6-8-25-12-18(24)21(3)4/h5,7,16H,6,8-12H2,1-4H3/t16-/m0/s1. The SMILES string of the molecule is Cc1noc(C)c1CN1Cc2ccnn2[C@@H](CCOCC(=O)N(C)C)C1. The average Bonchev–Trinajstić information content (AvgIpc) is 3.20. The Hall–Kier alpha value is -2.19. The van der Waals surface area contributed by atoms with Gasteiger partial charge in [0.2, 0.25) is 5.91 Å². The predicted octanol–water partition coefficient (Wildman–Crippen LogP) is 1.54. The van der Waals surface area contributed by atoms with E-state index < -0.39 is 0 Å². The van der Waals surface area contributed by atoms with Crippen molar-refractivity contribution < 1.29 is 14.1 Å². The van der Waals surface area contributed by atoms with Crippen molar-refractivity contribution in [1.29, 1.82) is 0 Å². The van der Waals surface area contributed by atoms with Crippen molar-refractivity contribution in [3.63, 3.8) is 0 Å². The van der Waals surface area contributed by atoms with Crippen molar-refractivity contribution in [2.45, 2.75) is 39.4 Å². The van der Waals surface area contributed by atoms with Crippen LogP contribution < -0.4 is 0 Å². The number of aromatic nitrogens is 3. The minimum absolute atomic E-state index is 0.0199. The second-order valence-electron chi connectivity index (χ2n) is 7.02. The Balaban J connectivity index is 1.60. The molecule has 1 amide bonds. The molecule has 0 unspecified atom stereocenters. The van der Waals surface area contributed by atoms with Gasteiger partial charge >= 0.3 is 0 Å². The van der Waals surface area contributed by atoms with E-state index >= 15 is 0 Å². The van der Waals surface area contributed by atoms with Gasteiger partial charge in [-0.2, -0.15) is 5.10 Å². The molecule has 0 saturated carbocycles. The van der Waals surface area contributed by atoms with E-state index in [0.29, 0.717) is 6.61 Å². The van der Waals surface area contributed by atoms with Crippen molar-refractivity contribution in [2.24, 2.45) is 0 Å². The fourth-order valence-electron chi connectivity index (χ4n) is 3.26. The van der Waals surface area contributed by atoms with Crippen LogP contribution >= 0.6 is 0 Å². The molecule has 142 valence electrons. The quantitative estimate of drug-likeness (QED) is 0.696. The lowest BCUT2D eigenvalue weighted by atomic mass is 10.1. The lowest BCUT2D eigenvalue weighted by molar-refractivity contribution is -0.133. The van der Waals surface area contributed by atoms with Gasteiger partial charge in [-0.1, -0.05) is 5.16 Å². The third-order valence-corrected chi connectivity index (χ3v) is 4.84. The minimum Gasteiger partial charge on any atom is -0.372 e. The number of carbonyl (C=O) groups is 1. The highest BCUT2D eigenvalue weighted by atomic mass is 16.5. The summed E-state index contributed by atoms with van der Waals surface area (Å²) in [5.74, 6) is 0.858. The van der Waals surface area contributed by atoms with Crippen LogP contribution in [0.15, 0.2) is 16.8 Å². The second kappa shape index (κ2) is 8.01. The summed E-state index contributed by atoms with van der Waals surface area (Å²) in [6, 6.07) is 2.28. The van der Waals surface area contributed by atoms with Crippen molar-refractivity contribution >= 4 is 5.91 Å². The van der Waals surface area contributed by atoms with E-state index in [9.17, 15) is 4.79 Å². The molecule has 0 bridgehead atoms. The number of nitrogens with zero attached hydrogens (tertiary/aromatic N) is 5. The monoisotopic (exact) mass is 361 g/mol. The largest absolute Gasteiger partial charge is 0.372 e. The Morgan fingerprint density at radius 2 is 2.23 bits per heavy atom. The maximum Gasteiger partial charge on any atom is 0.248 e. The number of fused-ring (bicyclic) bond motifs is 1. The molecular weight excluding hydrogens is 334 g/mol. The van der Waals surface area contributed by atoms with Crippen LogP contribution in [0.4, 0.5) is 0 Å². The summed E-state index contributed by atoms with van der Waals surface area (Å²) in [6.07, 6.45) is 2.66. The summed E-state index contributed by atoms with van der Waals surface area (Å²) in [5.41, 5.74) is 3.30. The summed E-state index contributed by atoms with van der Waals surface area (Å²) in [6.45, 7) is 7.12. The van der Waals surface area contributed by atoms with E-state index in [0.717, 1.165) is 43.1 Å². The number of hydrogen-bond donors (Lipinski definition) is 0. The Labute approximate surface area is 153 Å². The van der Waals surface area contributed by atoms with Crippen molar-refractivity contribution in [3.8, 4) is 0 Å². The lowest BCUT2D eigenvalue weighted by Crippen LogP contribution is -2.38. The zero-order chi connectivity index (χ0) is 18.7. The molecule has 2 aromatic rings. The number of likely N-dealkylation sites (N-methyl/N-ethyl adjacent to an activating group) is 1. The van der Waals surface area contributed by atoms with Crippen LogP contribution in [0, 0.1) is 13.8 Å². The van der Waals surface area contributed by atoms with Gasteiger partial charge in [0.05, 0.1) is 17.4 Å². The van der Waals surface area contributed by atoms with Crippen molar-refractivity contribution in [1.82, 2.24) is 24.7 Å². The van der Waals surface area contributed by atoms with Gasteiger partial charge < -0.3 is 14.2 Å². The summed E-state index contributed by atoms with van der Waals surface area (Å²) in [7, 11) is 3.46. The van der Waals surface area contributed by atoms with Crippen LogP contribution in [0.3, 0.4) is 0 Å². The van der Waals surface area contributed by atoms with Crippen LogP contribution in [-0.4, -0.2) is 64.5 Å². The molecule has 0 spiro atoms. The molecule has 0 fully saturated rings. The molecule has 0 radical (unpaired) electrons. The average molecular weight is 361 g/mol. The maximum absolute atomic E-state index is 11.6. The predicted molar refractivity (Wildman–Crippen MR) is 95.5 cm³/mol. The maximum atomic E-state index is 11.6. The molecule has 1 aliphatic heterocycles. The smallest absolute Gasteiger partial charge is 0.248 e. The summed E-state index contributed by atoms with van der Waals surface area (Å²) < 4.78 is 12.9. The van der Waals surface area contributed by atoms with E-state index in [2.05, 4.69) is 25.9 Å². The van der Waals surface area contributed by atoms with E-state index in [-0.39, 0.29) is 18.6 Å². The van der Waals surface area contributed by atoms with E-state index in [1.165, 1.54) is 10.6 Å². The fraction of sp³-hybridized carbons (Fsp3) is 0.611. The number of aryl methyl sites for hydroxylation is 2.